The first kappa shape index (κ1) is 20.0. The average molecular weight is 372 g/mol. The smallest absolute Gasteiger partial charge is 0.321 e. The summed E-state index contributed by atoms with van der Waals surface area (Å²) in [5.74, 6) is -4.46. The molecule has 0 fully saturated rings. The number of nitrogens with one attached hydrogen (secondary N) is 2. The molecule has 1 unspecified atom stereocenters. The summed E-state index contributed by atoms with van der Waals surface area (Å²) in [5.41, 5.74) is 7.01. The molecule has 0 spiro atoms. The lowest BCUT2D eigenvalue weighted by atomic mass is 9.93. The summed E-state index contributed by atoms with van der Waals surface area (Å²) >= 11 is 0. The molecular weight excluding hydrogens is 352 g/mol. The van der Waals surface area contributed by atoms with E-state index < -0.39 is 35.7 Å². The minimum absolute atomic E-state index is 0.00534. The lowest BCUT2D eigenvalue weighted by molar-refractivity contribution is -0.144. The first-order chi connectivity index (χ1) is 12.8. The third-order valence-corrected chi connectivity index (χ3v) is 4.00. The van der Waals surface area contributed by atoms with Crippen LogP contribution in [0.4, 0.5) is 0 Å². The van der Waals surface area contributed by atoms with E-state index >= 15 is 0 Å². The van der Waals surface area contributed by atoms with Crippen LogP contribution in [0.25, 0.3) is 0 Å². The molecule has 0 saturated carbocycles. The van der Waals surface area contributed by atoms with Crippen molar-refractivity contribution < 1.29 is 24.3 Å². The van der Waals surface area contributed by atoms with Crippen molar-refractivity contribution in [2.24, 2.45) is 11.7 Å². The number of rotatable bonds is 9. The Balaban J connectivity index is 2.01. The molecular formula is C18H20N4O5. The summed E-state index contributed by atoms with van der Waals surface area (Å²) < 4.78 is 0. The molecule has 1 amide bonds. The van der Waals surface area contributed by atoms with Gasteiger partial charge in [-0.1, -0.05) is 30.3 Å². The molecule has 0 aliphatic carbocycles. The van der Waals surface area contributed by atoms with Crippen LogP contribution in [0.15, 0.2) is 36.5 Å². The number of hydrogen-bond acceptors (Lipinski definition) is 6. The second kappa shape index (κ2) is 8.86. The fraction of sp³-hybridized carbons (Fsp3) is 0.278. The van der Waals surface area contributed by atoms with Crippen LogP contribution in [0.2, 0.25) is 0 Å². The van der Waals surface area contributed by atoms with Gasteiger partial charge in [-0.2, -0.15) is 0 Å². The summed E-state index contributed by atoms with van der Waals surface area (Å²) in [6, 6.07) is 6.77. The number of hydrogen-bond donors (Lipinski definition) is 4. The lowest BCUT2D eigenvalue weighted by Crippen LogP contribution is -2.50. The number of carboxylic acid groups (broad SMARTS) is 1. The zero-order valence-corrected chi connectivity index (χ0v) is 14.6. The van der Waals surface area contributed by atoms with Crippen molar-refractivity contribution >= 4 is 23.9 Å². The standard InChI is InChI=1S/C18H20N4O5/c1-10(15(24)13(9-23)14(19)18(26)27)21-17(25)16-20-8-12(22-16)7-11-5-3-2-4-6-11/h2-6,8-10,13-14H,7,19H2,1H3,(H,20,22)(H,21,25)(H,26,27)/t10-,13+,14?/m0/s1. The van der Waals surface area contributed by atoms with E-state index in [-0.39, 0.29) is 12.1 Å². The van der Waals surface area contributed by atoms with Gasteiger partial charge in [-0.15, -0.1) is 0 Å². The SMILES string of the molecule is C[C@H](NC(=O)c1nc(Cc2ccccc2)c[nH]1)C(=O)[C@H](C=O)C(N)C(=O)O. The monoisotopic (exact) mass is 372 g/mol. The van der Waals surface area contributed by atoms with Crippen LogP contribution >= 0.6 is 0 Å². The Morgan fingerprint density at radius 2 is 1.96 bits per heavy atom. The summed E-state index contributed by atoms with van der Waals surface area (Å²) in [5, 5.41) is 11.3. The van der Waals surface area contributed by atoms with Crippen LogP contribution in [0, 0.1) is 5.92 Å². The number of H-pyrrole nitrogens is 1. The molecule has 0 saturated heterocycles. The van der Waals surface area contributed by atoms with E-state index in [4.69, 9.17) is 10.8 Å². The molecule has 9 nitrogen and oxygen atoms in total. The Kier molecular flexibility index (Phi) is 6.56. The Hall–Kier alpha value is -3.33. The third kappa shape index (κ3) is 5.08. The first-order valence-corrected chi connectivity index (χ1v) is 8.20. The number of amides is 1. The summed E-state index contributed by atoms with van der Waals surface area (Å²) in [6.45, 7) is 1.35. The van der Waals surface area contributed by atoms with Crippen LogP contribution in [0.5, 0.6) is 0 Å². The molecule has 2 aromatic rings. The fourth-order valence-corrected chi connectivity index (χ4v) is 2.48. The minimum atomic E-state index is -1.67. The molecule has 3 atom stereocenters. The molecule has 0 aliphatic rings. The number of nitrogens with two attached hydrogens (primary N) is 1. The second-order valence-electron chi connectivity index (χ2n) is 6.03. The van der Waals surface area contributed by atoms with Gasteiger partial charge in [0, 0.05) is 12.6 Å². The molecule has 1 heterocycles. The van der Waals surface area contributed by atoms with Crippen LogP contribution < -0.4 is 11.1 Å². The second-order valence-corrected chi connectivity index (χ2v) is 6.03. The van der Waals surface area contributed by atoms with Crippen LogP contribution in [-0.2, 0) is 20.8 Å². The van der Waals surface area contributed by atoms with Crippen LogP contribution in [-0.4, -0.2) is 51.1 Å². The van der Waals surface area contributed by atoms with Gasteiger partial charge in [-0.05, 0) is 12.5 Å². The Morgan fingerprint density at radius 3 is 2.56 bits per heavy atom. The van der Waals surface area contributed by atoms with Gasteiger partial charge < -0.3 is 25.9 Å². The zero-order chi connectivity index (χ0) is 20.0. The van der Waals surface area contributed by atoms with E-state index in [0.717, 1.165) is 5.56 Å². The number of nitrogens with zero attached hydrogens (tertiary/aromatic N) is 1. The summed E-state index contributed by atoms with van der Waals surface area (Å²) in [6.07, 6.45) is 2.29. The van der Waals surface area contributed by atoms with Crippen molar-refractivity contribution in [1.29, 1.82) is 0 Å². The maximum absolute atomic E-state index is 12.2. The first-order valence-electron chi connectivity index (χ1n) is 8.20. The van der Waals surface area contributed by atoms with Crippen LogP contribution in [0.3, 0.4) is 0 Å². The van der Waals surface area contributed by atoms with Gasteiger partial charge in [0.25, 0.3) is 5.91 Å². The van der Waals surface area contributed by atoms with Crippen molar-refractivity contribution in [3.63, 3.8) is 0 Å². The van der Waals surface area contributed by atoms with E-state index in [0.29, 0.717) is 12.1 Å². The van der Waals surface area contributed by atoms with Crippen LogP contribution in [0.1, 0.15) is 28.8 Å². The lowest BCUT2D eigenvalue weighted by Gasteiger charge is -2.18. The molecule has 1 aromatic heterocycles. The Morgan fingerprint density at radius 1 is 1.30 bits per heavy atom. The van der Waals surface area contributed by atoms with Crippen molar-refractivity contribution in [3.8, 4) is 0 Å². The minimum Gasteiger partial charge on any atom is -0.480 e. The van der Waals surface area contributed by atoms with Crippen molar-refractivity contribution in [3.05, 3.63) is 53.6 Å². The van der Waals surface area contributed by atoms with Gasteiger partial charge >= 0.3 is 5.97 Å². The molecule has 2 rings (SSSR count). The largest absolute Gasteiger partial charge is 0.480 e. The number of ketones is 1. The quantitative estimate of drug-likeness (QED) is 0.354. The number of benzene rings is 1. The van der Waals surface area contributed by atoms with E-state index in [1.54, 1.807) is 6.20 Å². The fourth-order valence-electron chi connectivity index (χ4n) is 2.48. The van der Waals surface area contributed by atoms with E-state index in [1.807, 2.05) is 30.3 Å². The number of carbonyl (C=O) groups is 4. The average Bonchev–Trinajstić information content (AvgIpc) is 3.11. The molecule has 0 radical (unpaired) electrons. The zero-order valence-electron chi connectivity index (χ0n) is 14.6. The van der Waals surface area contributed by atoms with Gasteiger partial charge in [0.15, 0.2) is 11.6 Å². The summed E-state index contributed by atoms with van der Waals surface area (Å²) in [4.78, 5) is 53.3. The molecule has 0 aliphatic heterocycles. The normalized spacial score (nSPS) is 14.0. The Bertz CT molecular complexity index is 833. The highest BCUT2D eigenvalue weighted by atomic mass is 16.4. The maximum Gasteiger partial charge on any atom is 0.321 e. The highest BCUT2D eigenvalue weighted by Crippen LogP contribution is 2.08. The Labute approximate surface area is 155 Å². The number of carbonyl (C=O) groups excluding carboxylic acids is 3. The number of aromatic amines is 1. The van der Waals surface area contributed by atoms with Crippen molar-refractivity contribution in [1.82, 2.24) is 15.3 Å². The molecule has 1 aromatic carbocycles. The number of aromatic nitrogens is 2. The van der Waals surface area contributed by atoms with Gasteiger partial charge in [-0.3, -0.25) is 14.4 Å². The highest BCUT2D eigenvalue weighted by Gasteiger charge is 2.34. The number of carboxylic acids is 1. The topological polar surface area (TPSA) is 155 Å². The number of aliphatic carboxylic acids is 1. The number of Topliss-reactive ketones (excluding diaryl/α,β-unsaturated/α-hetero) is 1. The highest BCUT2D eigenvalue weighted by molar-refractivity contribution is 6.03. The molecule has 0 bridgehead atoms. The maximum atomic E-state index is 12.2. The third-order valence-electron chi connectivity index (χ3n) is 4.00. The number of aldehydes is 1. The predicted octanol–water partition coefficient (Wildman–Crippen LogP) is -0.0851. The van der Waals surface area contributed by atoms with Gasteiger partial charge in [0.05, 0.1) is 11.7 Å². The predicted molar refractivity (Wildman–Crippen MR) is 94.9 cm³/mol. The van der Waals surface area contributed by atoms with E-state index in [9.17, 15) is 19.2 Å². The van der Waals surface area contributed by atoms with Gasteiger partial charge in [-0.25, -0.2) is 4.98 Å². The van der Waals surface area contributed by atoms with Gasteiger partial charge in [0.2, 0.25) is 0 Å². The molecule has 27 heavy (non-hydrogen) atoms. The molecule has 142 valence electrons. The van der Waals surface area contributed by atoms with E-state index in [2.05, 4.69) is 15.3 Å². The molecule has 9 heteroatoms. The number of imidazole rings is 1. The van der Waals surface area contributed by atoms with Crippen molar-refractivity contribution in [2.75, 3.05) is 0 Å². The van der Waals surface area contributed by atoms with Crippen molar-refractivity contribution in [2.45, 2.75) is 25.4 Å². The van der Waals surface area contributed by atoms with Gasteiger partial charge in [0.1, 0.15) is 18.2 Å². The summed E-state index contributed by atoms with van der Waals surface area (Å²) in [7, 11) is 0. The molecule has 5 N–H and O–H groups in total. The van der Waals surface area contributed by atoms with E-state index in [1.165, 1.54) is 6.92 Å².